The van der Waals surface area contributed by atoms with Crippen molar-refractivity contribution in [3.8, 4) is 17.2 Å². The Morgan fingerprint density at radius 3 is 2.10 bits per heavy atom. The largest absolute Gasteiger partial charge is 0.497 e. The van der Waals surface area contributed by atoms with Gasteiger partial charge in [-0.3, -0.25) is 4.99 Å². The van der Waals surface area contributed by atoms with Gasteiger partial charge in [0.2, 0.25) is 0 Å². The molecular weight excluding hydrogens is 507 g/mol. The van der Waals surface area contributed by atoms with Crippen LogP contribution in [0, 0.1) is 0 Å². The lowest BCUT2D eigenvalue weighted by Crippen LogP contribution is -2.44. The van der Waals surface area contributed by atoms with Crippen molar-refractivity contribution in [3.63, 3.8) is 0 Å². The van der Waals surface area contributed by atoms with Crippen LogP contribution in [0.4, 0.5) is 0 Å². The SMILES string of the molecule is CN=C(NCC(C)Oc1ccccc1OC)NCC(c1ccc(OC)cc1)N(C)C.I. The van der Waals surface area contributed by atoms with E-state index in [1.54, 1.807) is 21.3 Å². The maximum absolute atomic E-state index is 6.00. The van der Waals surface area contributed by atoms with Gasteiger partial charge in [0, 0.05) is 13.6 Å². The van der Waals surface area contributed by atoms with Crippen LogP contribution in [0.5, 0.6) is 17.2 Å². The predicted molar refractivity (Wildman–Crippen MR) is 137 cm³/mol. The smallest absolute Gasteiger partial charge is 0.191 e. The highest BCUT2D eigenvalue weighted by Gasteiger charge is 2.15. The predicted octanol–water partition coefficient (Wildman–Crippen LogP) is 3.56. The van der Waals surface area contributed by atoms with E-state index in [1.807, 2.05) is 43.3 Å². The molecule has 31 heavy (non-hydrogen) atoms. The zero-order valence-electron chi connectivity index (χ0n) is 19.2. The van der Waals surface area contributed by atoms with Gasteiger partial charge in [0.05, 0.1) is 26.8 Å². The monoisotopic (exact) mass is 542 g/mol. The highest BCUT2D eigenvalue weighted by molar-refractivity contribution is 14.0. The number of hydrogen-bond acceptors (Lipinski definition) is 5. The minimum absolute atomic E-state index is 0. The standard InChI is InChI=1S/C23H34N4O3.HI/c1-17(30-22-10-8-7-9-21(22)29-6)15-25-23(24-2)26-16-20(27(3)4)18-11-13-19(28-5)14-12-18;/h7-14,17,20H,15-16H2,1-6H3,(H2,24,25,26);1H. The molecule has 2 unspecified atom stereocenters. The highest BCUT2D eigenvalue weighted by atomic mass is 127. The fourth-order valence-electron chi connectivity index (χ4n) is 3.05. The molecule has 172 valence electrons. The van der Waals surface area contributed by atoms with Crippen molar-refractivity contribution in [2.45, 2.75) is 19.1 Å². The minimum atomic E-state index is -0.0638. The van der Waals surface area contributed by atoms with E-state index in [2.05, 4.69) is 46.8 Å². The van der Waals surface area contributed by atoms with E-state index in [0.29, 0.717) is 13.1 Å². The number of rotatable bonds is 10. The van der Waals surface area contributed by atoms with Crippen LogP contribution in [-0.4, -0.2) is 65.4 Å². The second-order valence-corrected chi connectivity index (χ2v) is 7.17. The lowest BCUT2D eigenvalue weighted by atomic mass is 10.1. The van der Waals surface area contributed by atoms with Crippen molar-refractivity contribution in [3.05, 3.63) is 54.1 Å². The van der Waals surface area contributed by atoms with Gasteiger partial charge in [-0.15, -0.1) is 24.0 Å². The van der Waals surface area contributed by atoms with Crippen LogP contribution in [0.1, 0.15) is 18.5 Å². The molecule has 0 radical (unpaired) electrons. The van der Waals surface area contributed by atoms with Gasteiger partial charge >= 0.3 is 0 Å². The Balaban J connectivity index is 0.00000480. The lowest BCUT2D eigenvalue weighted by molar-refractivity contribution is 0.213. The van der Waals surface area contributed by atoms with E-state index in [4.69, 9.17) is 14.2 Å². The number of likely N-dealkylation sites (N-methyl/N-ethyl adjacent to an activating group) is 1. The first-order chi connectivity index (χ1) is 14.5. The summed E-state index contributed by atoms with van der Waals surface area (Å²) in [6.45, 7) is 3.32. The molecule has 8 heteroatoms. The van der Waals surface area contributed by atoms with Gasteiger partial charge in [-0.2, -0.15) is 0 Å². The van der Waals surface area contributed by atoms with Crippen molar-refractivity contribution >= 4 is 29.9 Å². The third-order valence-electron chi connectivity index (χ3n) is 4.76. The van der Waals surface area contributed by atoms with Gasteiger partial charge in [-0.25, -0.2) is 0 Å². The van der Waals surface area contributed by atoms with E-state index < -0.39 is 0 Å². The van der Waals surface area contributed by atoms with Gasteiger partial charge in [0.1, 0.15) is 11.9 Å². The molecule has 0 aliphatic rings. The number of nitrogens with zero attached hydrogens (tertiary/aromatic N) is 2. The molecule has 0 amide bonds. The molecule has 0 fully saturated rings. The van der Waals surface area contributed by atoms with Crippen molar-refractivity contribution < 1.29 is 14.2 Å². The molecule has 2 aromatic carbocycles. The number of guanidine groups is 1. The average Bonchev–Trinajstić information content (AvgIpc) is 2.76. The average molecular weight is 542 g/mol. The molecule has 0 spiro atoms. The topological polar surface area (TPSA) is 67.4 Å². The van der Waals surface area contributed by atoms with E-state index in [9.17, 15) is 0 Å². The summed E-state index contributed by atoms with van der Waals surface area (Å²) in [5, 5.41) is 6.73. The second kappa shape index (κ2) is 14.0. The molecule has 0 bridgehead atoms. The molecule has 2 atom stereocenters. The van der Waals surface area contributed by atoms with E-state index in [0.717, 1.165) is 23.2 Å². The van der Waals surface area contributed by atoms with Crippen molar-refractivity contribution in [1.82, 2.24) is 15.5 Å². The number of hydrogen-bond donors (Lipinski definition) is 2. The third kappa shape index (κ3) is 8.45. The van der Waals surface area contributed by atoms with Gasteiger partial charge in [-0.05, 0) is 50.8 Å². The molecule has 2 N–H and O–H groups in total. The van der Waals surface area contributed by atoms with E-state index >= 15 is 0 Å². The van der Waals surface area contributed by atoms with Crippen LogP contribution in [0.25, 0.3) is 0 Å². The third-order valence-corrected chi connectivity index (χ3v) is 4.76. The van der Waals surface area contributed by atoms with Crippen LogP contribution < -0.4 is 24.8 Å². The van der Waals surface area contributed by atoms with E-state index in [-0.39, 0.29) is 36.1 Å². The van der Waals surface area contributed by atoms with Gasteiger partial charge in [-0.1, -0.05) is 24.3 Å². The quantitative estimate of drug-likeness (QED) is 0.272. The summed E-state index contributed by atoms with van der Waals surface area (Å²) in [6, 6.07) is 16.0. The summed E-state index contributed by atoms with van der Waals surface area (Å²) in [6.07, 6.45) is -0.0638. The summed E-state index contributed by atoms with van der Waals surface area (Å²) >= 11 is 0. The number of nitrogens with one attached hydrogen (secondary N) is 2. The zero-order chi connectivity index (χ0) is 21.9. The fourth-order valence-corrected chi connectivity index (χ4v) is 3.05. The molecule has 7 nitrogen and oxygen atoms in total. The Morgan fingerprint density at radius 2 is 1.55 bits per heavy atom. The molecule has 2 rings (SSSR count). The molecular formula is C23H35IN4O3. The zero-order valence-corrected chi connectivity index (χ0v) is 21.5. The van der Waals surface area contributed by atoms with Crippen LogP contribution in [-0.2, 0) is 0 Å². The number of halogens is 1. The summed E-state index contributed by atoms with van der Waals surface area (Å²) < 4.78 is 16.6. The summed E-state index contributed by atoms with van der Waals surface area (Å²) in [7, 11) is 9.21. The van der Waals surface area contributed by atoms with Gasteiger partial charge in [0.15, 0.2) is 17.5 Å². The summed E-state index contributed by atoms with van der Waals surface area (Å²) in [5.74, 6) is 3.03. The Hall–Kier alpha value is -2.20. The van der Waals surface area contributed by atoms with Crippen LogP contribution in [0.3, 0.4) is 0 Å². The van der Waals surface area contributed by atoms with Crippen LogP contribution >= 0.6 is 24.0 Å². The highest BCUT2D eigenvalue weighted by Crippen LogP contribution is 2.26. The maximum Gasteiger partial charge on any atom is 0.191 e. The van der Waals surface area contributed by atoms with Crippen molar-refractivity contribution in [1.29, 1.82) is 0 Å². The normalized spacial score (nSPS) is 13.1. The fraction of sp³-hybridized carbons (Fsp3) is 0.435. The maximum atomic E-state index is 6.00. The molecule has 0 aliphatic carbocycles. The first kappa shape index (κ1) is 26.8. The van der Waals surface area contributed by atoms with E-state index in [1.165, 1.54) is 5.56 Å². The molecule has 0 heterocycles. The Morgan fingerprint density at radius 1 is 0.935 bits per heavy atom. The lowest BCUT2D eigenvalue weighted by Gasteiger charge is -2.26. The van der Waals surface area contributed by atoms with Crippen molar-refractivity contribution in [2.24, 2.45) is 4.99 Å². The number of aliphatic imine (C=N–C) groups is 1. The number of methoxy groups -OCH3 is 2. The first-order valence-electron chi connectivity index (χ1n) is 10.0. The molecule has 0 aromatic heterocycles. The second-order valence-electron chi connectivity index (χ2n) is 7.17. The Labute approximate surface area is 203 Å². The van der Waals surface area contributed by atoms with Gasteiger partial charge < -0.3 is 29.7 Å². The number of benzene rings is 2. The Kier molecular flexibility index (Phi) is 12.1. The molecule has 0 saturated carbocycles. The molecule has 0 saturated heterocycles. The van der Waals surface area contributed by atoms with Crippen LogP contribution in [0.15, 0.2) is 53.5 Å². The number of para-hydroxylation sites is 2. The minimum Gasteiger partial charge on any atom is -0.497 e. The first-order valence-corrected chi connectivity index (χ1v) is 10.0. The summed E-state index contributed by atoms with van der Waals surface area (Å²) in [5.41, 5.74) is 1.21. The molecule has 2 aromatic rings. The molecule has 0 aliphatic heterocycles. The Bertz CT molecular complexity index is 800. The van der Waals surface area contributed by atoms with Crippen molar-refractivity contribution in [2.75, 3.05) is 48.5 Å². The summed E-state index contributed by atoms with van der Waals surface area (Å²) in [4.78, 5) is 6.50. The van der Waals surface area contributed by atoms with Crippen LogP contribution in [0.2, 0.25) is 0 Å². The number of ether oxygens (including phenoxy) is 3. The van der Waals surface area contributed by atoms with Gasteiger partial charge in [0.25, 0.3) is 0 Å².